The first-order chi connectivity index (χ1) is 3.81. The third kappa shape index (κ3) is 2.08. The number of hydroxylamine groups is 2. The van der Waals surface area contributed by atoms with Crippen LogP contribution in [0.5, 0.6) is 0 Å². The molecule has 56 valence electrons. The van der Waals surface area contributed by atoms with Gasteiger partial charge in [0.15, 0.2) is 0 Å². The predicted molar refractivity (Wildman–Crippen MR) is 42.9 cm³/mol. The van der Waals surface area contributed by atoms with Crippen LogP contribution in [0, 0.1) is 0 Å². The fourth-order valence-corrected chi connectivity index (χ4v) is 0.274. The lowest BCUT2D eigenvalue weighted by atomic mass is 10.1. The molecular weight excluding hydrogens is 130 g/mol. The smallest absolute Gasteiger partial charge is 0.240 e. The van der Waals surface area contributed by atoms with E-state index in [0.717, 1.165) is 14.7 Å². The Morgan fingerprint density at radius 3 is 1.67 bits per heavy atom. The molecule has 0 heterocycles. The molecule has 0 N–H and O–H groups in total. The highest BCUT2D eigenvalue weighted by atomic mass is 28.2. The van der Waals surface area contributed by atoms with E-state index in [9.17, 15) is 0 Å². The molecule has 1 unspecified atom stereocenters. The molecule has 9 heavy (non-hydrogen) atoms. The number of rotatable bonds is 1. The van der Waals surface area contributed by atoms with Crippen LogP contribution < -0.4 is 0 Å². The Balaban J connectivity index is 4.14. The van der Waals surface area contributed by atoms with Crippen molar-refractivity contribution in [1.82, 2.24) is 0 Å². The highest BCUT2D eigenvalue weighted by Crippen LogP contribution is 2.17. The molecule has 0 bridgehead atoms. The largest absolute Gasteiger partial charge is 0.271 e. The van der Waals surface area contributed by atoms with Crippen molar-refractivity contribution in [2.45, 2.75) is 26.3 Å². The Labute approximate surface area is 60.9 Å². The van der Waals surface area contributed by atoms with E-state index in [1.54, 1.807) is 7.11 Å². The zero-order valence-corrected chi connectivity index (χ0v) is 9.36. The Morgan fingerprint density at radius 2 is 1.67 bits per heavy atom. The molecule has 1 atom stereocenters. The summed E-state index contributed by atoms with van der Waals surface area (Å²) in [5.74, 6) is 0. The third-order valence-corrected chi connectivity index (χ3v) is 3.78. The van der Waals surface area contributed by atoms with Crippen LogP contribution in [0.2, 0.25) is 0 Å². The summed E-state index contributed by atoms with van der Waals surface area (Å²) in [6, 6.07) is 0. The first kappa shape index (κ1) is 9.14. The van der Waals surface area contributed by atoms with E-state index in [0.29, 0.717) is 0 Å². The first-order valence-corrected chi connectivity index (χ1v) is 4.10. The standard InChI is InChI=1S/C6H18NOSi/c1-6(2,3)7(4,9)8-5/h1-5,9H3/q+1. The fraction of sp³-hybridized carbons (Fsp3) is 1.00. The molecule has 0 rings (SSSR count). The van der Waals surface area contributed by atoms with E-state index < -0.39 is 0 Å². The second-order valence-electron chi connectivity index (χ2n) is 3.70. The molecule has 0 fully saturated rings. The number of quaternary nitrogens is 1. The molecule has 0 saturated carbocycles. The minimum absolute atomic E-state index is 0.223. The normalized spacial score (nSPS) is 19.7. The lowest BCUT2D eigenvalue weighted by Crippen LogP contribution is -2.54. The summed E-state index contributed by atoms with van der Waals surface area (Å²) < 4.78 is 0.729. The summed E-state index contributed by atoms with van der Waals surface area (Å²) in [7, 11) is 4.89. The van der Waals surface area contributed by atoms with E-state index in [4.69, 9.17) is 4.84 Å². The molecule has 3 heteroatoms. The van der Waals surface area contributed by atoms with Gasteiger partial charge in [-0.25, -0.2) is 9.15 Å². The maximum absolute atomic E-state index is 5.30. The van der Waals surface area contributed by atoms with Gasteiger partial charge < -0.3 is 0 Å². The zero-order valence-electron chi connectivity index (χ0n) is 7.36. The van der Waals surface area contributed by atoms with E-state index in [2.05, 4.69) is 27.8 Å². The monoisotopic (exact) mass is 148 g/mol. The molecule has 0 aromatic carbocycles. The van der Waals surface area contributed by atoms with Crippen molar-refractivity contribution in [2.24, 2.45) is 0 Å². The molecule has 0 spiro atoms. The van der Waals surface area contributed by atoms with Crippen molar-refractivity contribution in [3.63, 3.8) is 0 Å². The van der Waals surface area contributed by atoms with Crippen LogP contribution in [0.15, 0.2) is 0 Å². The average molecular weight is 148 g/mol. The minimum atomic E-state index is 0.223. The number of nitrogens with zero attached hydrogens (tertiary/aromatic N) is 1. The quantitative estimate of drug-likeness (QED) is 0.378. The van der Waals surface area contributed by atoms with Gasteiger partial charge in [-0.2, -0.15) is 0 Å². The van der Waals surface area contributed by atoms with Crippen LogP contribution in [0.1, 0.15) is 20.8 Å². The summed E-state index contributed by atoms with van der Waals surface area (Å²) in [5.41, 5.74) is 0.223. The lowest BCUT2D eigenvalue weighted by molar-refractivity contribution is -1.03. The highest BCUT2D eigenvalue weighted by Gasteiger charge is 2.30. The lowest BCUT2D eigenvalue weighted by Gasteiger charge is -2.39. The van der Waals surface area contributed by atoms with Gasteiger partial charge in [0.1, 0.15) is 5.54 Å². The highest BCUT2D eigenvalue weighted by molar-refractivity contribution is 5.97. The van der Waals surface area contributed by atoms with Gasteiger partial charge in [-0.1, -0.05) is 0 Å². The summed E-state index contributed by atoms with van der Waals surface area (Å²) in [6.07, 6.45) is 0. The van der Waals surface area contributed by atoms with E-state index >= 15 is 0 Å². The van der Waals surface area contributed by atoms with Crippen LogP contribution >= 0.6 is 0 Å². The average Bonchev–Trinajstić information content (AvgIpc) is 1.64. The van der Waals surface area contributed by atoms with Crippen molar-refractivity contribution >= 4 is 10.4 Å². The van der Waals surface area contributed by atoms with Crippen LogP contribution in [-0.2, 0) is 4.84 Å². The molecule has 0 aromatic rings. The predicted octanol–water partition coefficient (Wildman–Crippen LogP) is 0.0733. The summed E-state index contributed by atoms with van der Waals surface area (Å²) in [4.78, 5) is 5.30. The van der Waals surface area contributed by atoms with Crippen LogP contribution in [0.25, 0.3) is 0 Å². The molecule has 0 radical (unpaired) electrons. The molecule has 0 aromatic heterocycles. The van der Waals surface area contributed by atoms with Crippen molar-refractivity contribution < 1.29 is 9.15 Å². The SMILES string of the molecule is CO[N+](C)([SiH3])C(C)(C)C. The van der Waals surface area contributed by atoms with Gasteiger partial charge in [0.05, 0.1) is 14.2 Å². The number of hydrogen-bond donors (Lipinski definition) is 0. The second-order valence-corrected chi connectivity index (χ2v) is 5.41. The molecule has 0 saturated heterocycles. The number of hydrogen-bond acceptors (Lipinski definition) is 1. The van der Waals surface area contributed by atoms with Crippen LogP contribution in [0.3, 0.4) is 0 Å². The first-order valence-electron chi connectivity index (χ1n) is 3.21. The maximum Gasteiger partial charge on any atom is 0.271 e. The second kappa shape index (κ2) is 2.40. The molecule has 0 aliphatic carbocycles. The topological polar surface area (TPSA) is 9.23 Å². The Kier molecular flexibility index (Phi) is 2.44. The van der Waals surface area contributed by atoms with Gasteiger partial charge in [-0.3, -0.25) is 0 Å². The van der Waals surface area contributed by atoms with Gasteiger partial charge in [-0.05, 0) is 20.8 Å². The third-order valence-electron chi connectivity index (χ3n) is 2.07. The van der Waals surface area contributed by atoms with E-state index in [1.807, 2.05) is 0 Å². The zero-order chi connectivity index (χ0) is 7.71. The van der Waals surface area contributed by atoms with Crippen LogP contribution in [-0.4, -0.2) is 34.4 Å². The van der Waals surface area contributed by atoms with Crippen molar-refractivity contribution in [3.8, 4) is 0 Å². The Hall–Kier alpha value is 0.137. The summed E-state index contributed by atoms with van der Waals surface area (Å²) >= 11 is 0. The van der Waals surface area contributed by atoms with Gasteiger partial charge >= 0.3 is 0 Å². The summed E-state index contributed by atoms with van der Waals surface area (Å²) in [5, 5.41) is 0. The Bertz CT molecular complexity index is 95.7. The van der Waals surface area contributed by atoms with Gasteiger partial charge in [0, 0.05) is 0 Å². The molecule has 0 aliphatic heterocycles. The van der Waals surface area contributed by atoms with Crippen molar-refractivity contribution in [2.75, 3.05) is 14.2 Å². The van der Waals surface area contributed by atoms with Gasteiger partial charge in [0.2, 0.25) is 0 Å². The van der Waals surface area contributed by atoms with E-state index in [-0.39, 0.29) is 5.54 Å². The van der Waals surface area contributed by atoms with Crippen LogP contribution in [0.4, 0.5) is 0 Å². The molecule has 0 aliphatic rings. The minimum Gasteiger partial charge on any atom is -0.240 e. The molecule has 2 nitrogen and oxygen atoms in total. The Morgan fingerprint density at radius 1 is 1.33 bits per heavy atom. The summed E-state index contributed by atoms with van der Waals surface area (Å²) in [6.45, 7) is 6.55. The molecular formula is C6H18NOSi+. The van der Waals surface area contributed by atoms with E-state index in [1.165, 1.54) is 0 Å². The van der Waals surface area contributed by atoms with Crippen molar-refractivity contribution in [3.05, 3.63) is 0 Å². The van der Waals surface area contributed by atoms with Gasteiger partial charge in [-0.15, -0.1) is 0 Å². The maximum atomic E-state index is 5.30. The van der Waals surface area contributed by atoms with Gasteiger partial charge in [0.25, 0.3) is 10.4 Å². The fourth-order valence-electron chi connectivity index (χ4n) is 0.274. The molecule has 0 amide bonds. The van der Waals surface area contributed by atoms with Crippen molar-refractivity contribution in [1.29, 1.82) is 0 Å².